The minimum absolute atomic E-state index is 0.0345. The van der Waals surface area contributed by atoms with E-state index in [2.05, 4.69) is 9.84 Å². The van der Waals surface area contributed by atoms with E-state index in [1.54, 1.807) is 0 Å². The van der Waals surface area contributed by atoms with Gasteiger partial charge in [-0.05, 0) is 0 Å². The third-order valence-electron chi connectivity index (χ3n) is 2.74. The van der Waals surface area contributed by atoms with E-state index < -0.39 is 22.9 Å². The van der Waals surface area contributed by atoms with Gasteiger partial charge in [-0.25, -0.2) is 4.68 Å². The number of aldehydes is 1. The molecule has 0 aliphatic rings. The number of nitrogens with two attached hydrogens (primary N) is 1. The molecular weight excluding hydrogens is 394 g/mol. The summed E-state index contributed by atoms with van der Waals surface area (Å²) >= 11 is 11.9. The van der Waals surface area contributed by atoms with Crippen LogP contribution in [0.1, 0.15) is 10.5 Å². The Morgan fingerprint density at radius 2 is 1.88 bits per heavy atom. The average Bonchev–Trinajstić information content (AvgIpc) is 2.73. The van der Waals surface area contributed by atoms with Crippen LogP contribution in [0.2, 0.25) is 10.0 Å². The standard InChI is InChI=1S/C12H8Cl2F3N3O3S/c1-24(22)10-8(4-21)19-20(11(10)18)9-6(13)2-5(3-7(9)14)23-12(15,16)17/h2-4H,18H2,1H3. The van der Waals surface area contributed by atoms with E-state index >= 15 is 0 Å². The van der Waals surface area contributed by atoms with Crippen molar-refractivity contribution in [1.82, 2.24) is 9.78 Å². The molecule has 1 heterocycles. The molecule has 6 nitrogen and oxygen atoms in total. The minimum atomic E-state index is -4.92. The molecule has 2 aromatic rings. The third-order valence-corrected chi connectivity index (χ3v) is 4.31. The number of hydrogen-bond donors (Lipinski definition) is 1. The number of rotatable bonds is 4. The molecule has 24 heavy (non-hydrogen) atoms. The number of halogens is 5. The molecule has 0 bridgehead atoms. The summed E-state index contributed by atoms with van der Waals surface area (Å²) < 4.78 is 53.1. The maximum atomic E-state index is 12.3. The van der Waals surface area contributed by atoms with Crippen LogP contribution in [0.25, 0.3) is 5.69 Å². The van der Waals surface area contributed by atoms with Crippen molar-refractivity contribution in [1.29, 1.82) is 0 Å². The van der Waals surface area contributed by atoms with E-state index in [1.165, 1.54) is 6.26 Å². The van der Waals surface area contributed by atoms with Crippen molar-refractivity contribution < 1.29 is 26.9 Å². The molecule has 1 aromatic heterocycles. The van der Waals surface area contributed by atoms with Crippen molar-refractivity contribution in [3.8, 4) is 11.4 Å². The molecule has 2 N–H and O–H groups in total. The Labute approximate surface area is 145 Å². The van der Waals surface area contributed by atoms with Gasteiger partial charge in [0, 0.05) is 18.4 Å². The molecular formula is C12H8Cl2F3N3O3S. The Morgan fingerprint density at radius 1 is 1.33 bits per heavy atom. The Balaban J connectivity index is 2.62. The monoisotopic (exact) mass is 401 g/mol. The van der Waals surface area contributed by atoms with Gasteiger partial charge in [0.05, 0.1) is 20.8 Å². The molecule has 1 aromatic carbocycles. The second kappa shape index (κ2) is 6.61. The summed E-state index contributed by atoms with van der Waals surface area (Å²) in [4.78, 5) is 11.0. The molecule has 1 atom stereocenters. The van der Waals surface area contributed by atoms with Crippen molar-refractivity contribution in [2.75, 3.05) is 12.0 Å². The van der Waals surface area contributed by atoms with Gasteiger partial charge in [0.15, 0.2) is 6.29 Å². The zero-order valence-corrected chi connectivity index (χ0v) is 14.1. The number of alkyl halides is 3. The molecule has 12 heteroatoms. The Bertz CT molecular complexity index is 816. The Morgan fingerprint density at radius 3 is 2.25 bits per heavy atom. The van der Waals surface area contributed by atoms with E-state index in [4.69, 9.17) is 28.9 Å². The fourth-order valence-corrected chi connectivity index (χ4v) is 3.31. The van der Waals surface area contributed by atoms with E-state index in [1.807, 2.05) is 0 Å². The van der Waals surface area contributed by atoms with Crippen LogP contribution in [-0.4, -0.2) is 32.9 Å². The Kier molecular flexibility index (Phi) is 5.11. The number of ether oxygens (including phenoxy) is 1. The first-order valence-electron chi connectivity index (χ1n) is 5.97. The lowest BCUT2D eigenvalue weighted by Gasteiger charge is -2.13. The smallest absolute Gasteiger partial charge is 0.406 e. The quantitative estimate of drug-likeness (QED) is 0.794. The molecule has 0 saturated heterocycles. The number of nitrogens with zero attached hydrogens (tertiary/aromatic N) is 2. The van der Waals surface area contributed by atoms with Gasteiger partial charge in [-0.1, -0.05) is 23.2 Å². The number of aromatic nitrogens is 2. The minimum Gasteiger partial charge on any atom is -0.406 e. The second-order valence-corrected chi connectivity index (χ2v) is 6.50. The van der Waals surface area contributed by atoms with Crippen LogP contribution in [0.3, 0.4) is 0 Å². The summed E-state index contributed by atoms with van der Waals surface area (Å²) in [5, 5.41) is 3.32. The lowest BCUT2D eigenvalue weighted by Crippen LogP contribution is -2.17. The number of benzene rings is 1. The van der Waals surface area contributed by atoms with Gasteiger partial charge in [-0.2, -0.15) is 5.10 Å². The SMILES string of the molecule is CS(=O)c1c(C=O)nn(-c2c(Cl)cc(OC(F)(F)F)cc2Cl)c1N. The van der Waals surface area contributed by atoms with Crippen LogP contribution in [-0.2, 0) is 10.8 Å². The zero-order valence-electron chi connectivity index (χ0n) is 11.7. The van der Waals surface area contributed by atoms with E-state index in [0.29, 0.717) is 6.29 Å². The summed E-state index contributed by atoms with van der Waals surface area (Å²) in [6, 6.07) is 1.72. The number of carbonyl (C=O) groups is 1. The van der Waals surface area contributed by atoms with Gasteiger partial charge in [0.1, 0.15) is 27.8 Å². The summed E-state index contributed by atoms with van der Waals surface area (Å²) in [5.41, 5.74) is 5.53. The lowest BCUT2D eigenvalue weighted by atomic mass is 10.3. The number of carbonyl (C=O) groups excluding carboxylic acids is 1. The maximum absolute atomic E-state index is 12.3. The molecule has 1 unspecified atom stereocenters. The van der Waals surface area contributed by atoms with E-state index in [-0.39, 0.29) is 32.1 Å². The van der Waals surface area contributed by atoms with Crippen molar-refractivity contribution >= 4 is 46.1 Å². The number of nitrogen functional groups attached to an aromatic ring is 1. The normalized spacial score (nSPS) is 12.9. The maximum Gasteiger partial charge on any atom is 0.573 e. The average molecular weight is 402 g/mol. The van der Waals surface area contributed by atoms with Crippen LogP contribution in [0, 0.1) is 0 Å². The van der Waals surface area contributed by atoms with E-state index in [9.17, 15) is 22.2 Å². The summed E-state index contributed by atoms with van der Waals surface area (Å²) in [6.07, 6.45) is -3.30. The van der Waals surface area contributed by atoms with Gasteiger partial charge < -0.3 is 10.5 Å². The first kappa shape index (κ1) is 18.6. The van der Waals surface area contributed by atoms with Crippen molar-refractivity contribution in [2.24, 2.45) is 0 Å². The number of hydrogen-bond acceptors (Lipinski definition) is 5. The van der Waals surface area contributed by atoms with Crippen molar-refractivity contribution in [3.05, 3.63) is 27.9 Å². The number of anilines is 1. The molecule has 0 spiro atoms. The molecule has 130 valence electrons. The third kappa shape index (κ3) is 3.65. The van der Waals surface area contributed by atoms with Gasteiger partial charge in [-0.15, -0.1) is 13.2 Å². The largest absolute Gasteiger partial charge is 0.573 e. The van der Waals surface area contributed by atoms with Crippen molar-refractivity contribution in [3.63, 3.8) is 0 Å². The predicted octanol–water partition coefficient (Wildman–Crippen LogP) is 3.21. The Hall–Kier alpha value is -1.78. The predicted molar refractivity (Wildman–Crippen MR) is 82.4 cm³/mol. The van der Waals surface area contributed by atoms with Crippen LogP contribution in [0.5, 0.6) is 5.75 Å². The summed E-state index contributed by atoms with van der Waals surface area (Å²) in [6.45, 7) is 0. The first-order chi connectivity index (χ1) is 11.0. The van der Waals surface area contributed by atoms with Gasteiger partial charge in [-0.3, -0.25) is 9.00 Å². The van der Waals surface area contributed by atoms with Gasteiger partial charge >= 0.3 is 6.36 Å². The highest BCUT2D eigenvalue weighted by Gasteiger charge is 2.32. The molecule has 0 radical (unpaired) electrons. The van der Waals surface area contributed by atoms with Gasteiger partial charge in [0.2, 0.25) is 0 Å². The molecule has 0 aliphatic heterocycles. The van der Waals surface area contributed by atoms with Crippen LogP contribution >= 0.6 is 23.2 Å². The van der Waals surface area contributed by atoms with Crippen LogP contribution in [0.4, 0.5) is 19.0 Å². The highest BCUT2D eigenvalue weighted by Crippen LogP contribution is 2.37. The molecule has 0 amide bonds. The summed E-state index contributed by atoms with van der Waals surface area (Å²) in [5.74, 6) is -0.812. The van der Waals surface area contributed by atoms with Crippen LogP contribution < -0.4 is 10.5 Å². The lowest BCUT2D eigenvalue weighted by molar-refractivity contribution is -0.274. The van der Waals surface area contributed by atoms with Crippen molar-refractivity contribution in [2.45, 2.75) is 11.3 Å². The second-order valence-electron chi connectivity index (χ2n) is 4.37. The van der Waals surface area contributed by atoms with Crippen LogP contribution in [0.15, 0.2) is 17.0 Å². The molecule has 0 saturated carbocycles. The van der Waals surface area contributed by atoms with Gasteiger partial charge in [0.25, 0.3) is 0 Å². The molecule has 0 fully saturated rings. The molecule has 2 rings (SSSR count). The summed E-state index contributed by atoms with van der Waals surface area (Å²) in [7, 11) is -1.64. The van der Waals surface area contributed by atoms with E-state index in [0.717, 1.165) is 16.8 Å². The highest BCUT2D eigenvalue weighted by molar-refractivity contribution is 7.84. The molecule has 0 aliphatic carbocycles. The first-order valence-corrected chi connectivity index (χ1v) is 8.28. The fourth-order valence-electron chi connectivity index (χ4n) is 1.91. The highest BCUT2D eigenvalue weighted by atomic mass is 35.5. The topological polar surface area (TPSA) is 87.2 Å². The zero-order chi connectivity index (χ0) is 18.2. The fraction of sp³-hybridized carbons (Fsp3) is 0.167.